The first kappa shape index (κ1) is 12.6. The van der Waals surface area contributed by atoms with Gasteiger partial charge in [-0.2, -0.15) is 0 Å². The maximum atomic E-state index is 11.1. The number of nitro benzene ring substituents is 1. The van der Waals surface area contributed by atoms with Gasteiger partial charge in [0.1, 0.15) is 11.4 Å². The molecule has 0 spiro atoms. The van der Waals surface area contributed by atoms with Crippen molar-refractivity contribution >= 4 is 11.4 Å². The smallest absolute Gasteiger partial charge is 0.292 e. The number of nitrogens with two attached hydrogens (primary N) is 1. The summed E-state index contributed by atoms with van der Waals surface area (Å²) in [6, 6.07) is 4.92. The van der Waals surface area contributed by atoms with Gasteiger partial charge in [-0.05, 0) is 19.4 Å². The predicted octanol–water partition coefficient (Wildman–Crippen LogP) is 1.53. The van der Waals surface area contributed by atoms with E-state index in [0.717, 1.165) is 13.0 Å². The van der Waals surface area contributed by atoms with Crippen LogP contribution in [0.2, 0.25) is 0 Å². The van der Waals surface area contributed by atoms with Crippen LogP contribution in [0.15, 0.2) is 18.2 Å². The van der Waals surface area contributed by atoms with Gasteiger partial charge in [0.25, 0.3) is 5.69 Å². The van der Waals surface area contributed by atoms with Crippen molar-refractivity contribution < 1.29 is 9.66 Å². The number of ether oxygens (including phenoxy) is 1. The SMILES string of the molecule is COc1ccc([N+](=O)[O-])c(N2CCC(N)C2C)c1. The Kier molecular flexibility index (Phi) is 3.38. The van der Waals surface area contributed by atoms with Crippen molar-refractivity contribution in [1.82, 2.24) is 0 Å². The molecule has 0 aromatic heterocycles. The zero-order valence-corrected chi connectivity index (χ0v) is 10.5. The molecule has 2 unspecified atom stereocenters. The number of nitro groups is 1. The molecule has 1 saturated heterocycles. The van der Waals surface area contributed by atoms with Gasteiger partial charge in [-0.3, -0.25) is 10.1 Å². The summed E-state index contributed by atoms with van der Waals surface area (Å²) in [7, 11) is 1.55. The van der Waals surface area contributed by atoms with Gasteiger partial charge in [0.05, 0.1) is 12.0 Å². The molecule has 0 bridgehead atoms. The summed E-state index contributed by atoms with van der Waals surface area (Å²) in [5.74, 6) is 0.614. The first-order chi connectivity index (χ1) is 8.54. The van der Waals surface area contributed by atoms with Crippen LogP contribution in [0.25, 0.3) is 0 Å². The van der Waals surface area contributed by atoms with Crippen LogP contribution in [-0.4, -0.2) is 30.7 Å². The van der Waals surface area contributed by atoms with Crippen molar-refractivity contribution in [3.05, 3.63) is 28.3 Å². The topological polar surface area (TPSA) is 81.6 Å². The van der Waals surface area contributed by atoms with E-state index >= 15 is 0 Å². The van der Waals surface area contributed by atoms with Crippen molar-refractivity contribution in [2.45, 2.75) is 25.4 Å². The van der Waals surface area contributed by atoms with E-state index in [2.05, 4.69) is 0 Å². The third kappa shape index (κ3) is 2.11. The van der Waals surface area contributed by atoms with Crippen molar-refractivity contribution in [2.24, 2.45) is 5.73 Å². The normalized spacial score (nSPS) is 23.2. The molecule has 98 valence electrons. The molecule has 18 heavy (non-hydrogen) atoms. The standard InChI is InChI=1S/C12H17N3O3/c1-8-10(13)5-6-14(8)12-7-9(18-2)3-4-11(12)15(16)17/h3-4,7-8,10H,5-6,13H2,1-2H3. The minimum atomic E-state index is -0.370. The monoisotopic (exact) mass is 251 g/mol. The lowest BCUT2D eigenvalue weighted by atomic mass is 10.1. The van der Waals surface area contributed by atoms with Crippen LogP contribution in [0.4, 0.5) is 11.4 Å². The second-order valence-electron chi connectivity index (χ2n) is 4.50. The number of rotatable bonds is 3. The minimum Gasteiger partial charge on any atom is -0.497 e. The predicted molar refractivity (Wildman–Crippen MR) is 69.0 cm³/mol. The van der Waals surface area contributed by atoms with Gasteiger partial charge >= 0.3 is 0 Å². The van der Waals surface area contributed by atoms with Crippen LogP contribution >= 0.6 is 0 Å². The molecule has 1 aliphatic heterocycles. The fraction of sp³-hybridized carbons (Fsp3) is 0.500. The van der Waals surface area contributed by atoms with E-state index in [9.17, 15) is 10.1 Å². The van der Waals surface area contributed by atoms with Crippen molar-refractivity contribution in [3.63, 3.8) is 0 Å². The van der Waals surface area contributed by atoms with Crippen molar-refractivity contribution in [3.8, 4) is 5.75 Å². The molecule has 6 heteroatoms. The first-order valence-electron chi connectivity index (χ1n) is 5.89. The maximum absolute atomic E-state index is 11.1. The van der Waals surface area contributed by atoms with Gasteiger partial charge in [-0.15, -0.1) is 0 Å². The van der Waals surface area contributed by atoms with Gasteiger partial charge in [0, 0.05) is 30.8 Å². The third-order valence-corrected chi connectivity index (χ3v) is 3.50. The van der Waals surface area contributed by atoms with E-state index < -0.39 is 0 Å². The van der Waals surface area contributed by atoms with Crippen LogP contribution in [0.5, 0.6) is 5.75 Å². The van der Waals surface area contributed by atoms with Gasteiger partial charge in [-0.1, -0.05) is 0 Å². The number of anilines is 1. The largest absolute Gasteiger partial charge is 0.497 e. The molecule has 6 nitrogen and oxygen atoms in total. The van der Waals surface area contributed by atoms with E-state index in [0.29, 0.717) is 11.4 Å². The molecule has 1 aliphatic rings. The van der Waals surface area contributed by atoms with Crippen LogP contribution in [0, 0.1) is 10.1 Å². The summed E-state index contributed by atoms with van der Waals surface area (Å²) in [6.07, 6.45) is 0.843. The van der Waals surface area contributed by atoms with E-state index in [4.69, 9.17) is 10.5 Å². The molecular formula is C12H17N3O3. The molecule has 2 atom stereocenters. The van der Waals surface area contributed by atoms with Gasteiger partial charge < -0.3 is 15.4 Å². The Hall–Kier alpha value is -1.82. The fourth-order valence-electron chi connectivity index (χ4n) is 2.32. The molecule has 2 N–H and O–H groups in total. The average Bonchev–Trinajstić information content (AvgIpc) is 2.69. The minimum absolute atomic E-state index is 0.0517. The summed E-state index contributed by atoms with van der Waals surface area (Å²) in [6.45, 7) is 2.72. The van der Waals surface area contributed by atoms with Crippen LogP contribution in [0.1, 0.15) is 13.3 Å². The Morgan fingerprint density at radius 2 is 2.28 bits per heavy atom. The molecule has 0 aliphatic carbocycles. The first-order valence-corrected chi connectivity index (χ1v) is 5.89. The van der Waals surface area contributed by atoms with E-state index in [1.165, 1.54) is 6.07 Å². The molecule has 1 fully saturated rings. The quantitative estimate of drug-likeness (QED) is 0.650. The van der Waals surface area contributed by atoms with Crippen LogP contribution in [0.3, 0.4) is 0 Å². The lowest BCUT2D eigenvalue weighted by Crippen LogP contribution is -2.37. The number of hydrogen-bond acceptors (Lipinski definition) is 5. The maximum Gasteiger partial charge on any atom is 0.292 e. The summed E-state index contributed by atoms with van der Waals surface area (Å²) >= 11 is 0. The number of benzene rings is 1. The molecular weight excluding hydrogens is 234 g/mol. The summed E-state index contributed by atoms with van der Waals surface area (Å²) in [5, 5.41) is 11.1. The Balaban J connectivity index is 2.44. The second-order valence-corrected chi connectivity index (χ2v) is 4.50. The number of nitrogens with zero attached hydrogens (tertiary/aromatic N) is 2. The van der Waals surface area contributed by atoms with Crippen molar-refractivity contribution in [2.75, 3.05) is 18.6 Å². The van der Waals surface area contributed by atoms with E-state index in [1.807, 2.05) is 11.8 Å². The average molecular weight is 251 g/mol. The number of hydrogen-bond donors (Lipinski definition) is 1. The van der Waals surface area contributed by atoms with Gasteiger partial charge in [0.15, 0.2) is 0 Å². The number of methoxy groups -OCH3 is 1. The van der Waals surface area contributed by atoms with E-state index in [-0.39, 0.29) is 22.7 Å². The second kappa shape index (κ2) is 4.81. The summed E-state index contributed by atoms with van der Waals surface area (Å²) in [4.78, 5) is 12.7. The lowest BCUT2D eigenvalue weighted by molar-refractivity contribution is -0.384. The Bertz CT molecular complexity index is 464. The Morgan fingerprint density at radius 1 is 1.56 bits per heavy atom. The highest BCUT2D eigenvalue weighted by Crippen LogP contribution is 2.35. The van der Waals surface area contributed by atoms with Crippen molar-refractivity contribution in [1.29, 1.82) is 0 Å². The van der Waals surface area contributed by atoms with Gasteiger partial charge in [0.2, 0.25) is 0 Å². The summed E-state index contributed by atoms with van der Waals surface area (Å²) in [5.41, 5.74) is 6.64. The highest BCUT2D eigenvalue weighted by atomic mass is 16.6. The zero-order valence-electron chi connectivity index (χ0n) is 10.5. The molecule has 2 rings (SSSR count). The fourth-order valence-corrected chi connectivity index (χ4v) is 2.32. The van der Waals surface area contributed by atoms with Crippen LogP contribution in [-0.2, 0) is 0 Å². The highest BCUT2D eigenvalue weighted by molar-refractivity contribution is 5.67. The summed E-state index contributed by atoms with van der Waals surface area (Å²) < 4.78 is 5.13. The molecule has 0 amide bonds. The Labute approximate surface area is 105 Å². The molecule has 1 aromatic carbocycles. The Morgan fingerprint density at radius 3 is 2.78 bits per heavy atom. The lowest BCUT2D eigenvalue weighted by Gasteiger charge is -2.25. The highest BCUT2D eigenvalue weighted by Gasteiger charge is 2.32. The molecule has 0 radical (unpaired) electrons. The molecule has 1 heterocycles. The molecule has 1 aromatic rings. The van der Waals surface area contributed by atoms with Gasteiger partial charge in [-0.25, -0.2) is 0 Å². The van der Waals surface area contributed by atoms with Crippen LogP contribution < -0.4 is 15.4 Å². The van der Waals surface area contributed by atoms with E-state index in [1.54, 1.807) is 19.2 Å². The zero-order chi connectivity index (χ0) is 13.3. The molecule has 0 saturated carbocycles. The third-order valence-electron chi connectivity index (χ3n) is 3.50.